The Balaban J connectivity index is 4.98. The van der Waals surface area contributed by atoms with E-state index in [0.29, 0.717) is 5.92 Å². The third-order valence-corrected chi connectivity index (χ3v) is 2.47. The van der Waals surface area contributed by atoms with Crippen molar-refractivity contribution in [2.45, 2.75) is 20.8 Å². The predicted molar refractivity (Wildman–Crippen MR) is 75.4 cm³/mol. The molecule has 0 nitrogen and oxygen atoms in total. The zero-order chi connectivity index (χ0) is 12.4. The molecule has 1 atom stereocenters. The maximum atomic E-state index is 3.86. The van der Waals surface area contributed by atoms with Crippen molar-refractivity contribution in [2.75, 3.05) is 0 Å². The highest BCUT2D eigenvalue weighted by atomic mass is 14.1. The summed E-state index contributed by atoms with van der Waals surface area (Å²) in [7, 11) is 0. The van der Waals surface area contributed by atoms with E-state index in [2.05, 4.69) is 45.2 Å². The molecule has 0 aliphatic heterocycles. The maximum Gasteiger partial charge on any atom is 0.00575 e. The lowest BCUT2D eigenvalue weighted by Crippen LogP contribution is -1.99. The summed E-state index contributed by atoms with van der Waals surface area (Å²) in [5.74, 6) is 0.356. The Hall–Kier alpha value is -1.56. The average Bonchev–Trinajstić information content (AvgIpc) is 2.31. The van der Waals surface area contributed by atoms with Crippen LogP contribution in [0.1, 0.15) is 20.8 Å². The molecule has 0 aliphatic rings. The molecule has 0 rings (SSSR count). The summed E-state index contributed by atoms with van der Waals surface area (Å²) >= 11 is 0. The van der Waals surface area contributed by atoms with Crippen LogP contribution in [0.5, 0.6) is 0 Å². The van der Waals surface area contributed by atoms with Gasteiger partial charge < -0.3 is 0 Å². The SMILES string of the molecule is C=C/C=C\C(=C/C)C(C)/C(C=C)=C/C=C\C. The van der Waals surface area contributed by atoms with Gasteiger partial charge in [-0.3, -0.25) is 0 Å². The van der Waals surface area contributed by atoms with Crippen LogP contribution in [0, 0.1) is 5.92 Å². The monoisotopic (exact) mass is 214 g/mol. The second-order valence-corrected chi connectivity index (χ2v) is 3.50. The molecule has 0 spiro atoms. The molecule has 0 radical (unpaired) electrons. The summed E-state index contributed by atoms with van der Waals surface area (Å²) in [4.78, 5) is 0. The first-order chi connectivity index (χ1) is 7.71. The summed E-state index contributed by atoms with van der Waals surface area (Å²) in [6, 6.07) is 0. The van der Waals surface area contributed by atoms with Crippen LogP contribution in [0.25, 0.3) is 0 Å². The Labute approximate surface area is 100 Å². The number of allylic oxidation sites excluding steroid dienone is 10. The summed E-state index contributed by atoms with van der Waals surface area (Å²) < 4.78 is 0. The summed E-state index contributed by atoms with van der Waals surface area (Å²) in [6.45, 7) is 13.8. The third kappa shape index (κ3) is 4.79. The molecule has 0 aliphatic carbocycles. The Morgan fingerprint density at radius 2 is 1.75 bits per heavy atom. The molecule has 0 aromatic carbocycles. The van der Waals surface area contributed by atoms with Gasteiger partial charge in [0.15, 0.2) is 0 Å². The van der Waals surface area contributed by atoms with E-state index in [9.17, 15) is 0 Å². The normalized spacial score (nSPS) is 15.7. The van der Waals surface area contributed by atoms with Crippen molar-refractivity contribution in [1.82, 2.24) is 0 Å². The van der Waals surface area contributed by atoms with Gasteiger partial charge in [0.05, 0.1) is 0 Å². The average molecular weight is 214 g/mol. The van der Waals surface area contributed by atoms with E-state index in [1.165, 1.54) is 11.1 Å². The van der Waals surface area contributed by atoms with Crippen LogP contribution >= 0.6 is 0 Å². The Morgan fingerprint density at radius 3 is 2.19 bits per heavy atom. The van der Waals surface area contributed by atoms with Crippen molar-refractivity contribution in [1.29, 1.82) is 0 Å². The lowest BCUT2D eigenvalue weighted by molar-refractivity contribution is 0.846. The van der Waals surface area contributed by atoms with Gasteiger partial charge in [-0.25, -0.2) is 0 Å². The lowest BCUT2D eigenvalue weighted by Gasteiger charge is -2.13. The standard InChI is InChI=1S/C16H22/c1-6-10-12-15(8-3)14(5)16(9-4)13-11-7-2/h6-14H,1,4H2,2-3,5H3/b11-7-,12-10-,15-8+,16-13+. The second kappa shape index (κ2) is 8.72. The van der Waals surface area contributed by atoms with E-state index in [0.717, 1.165) is 0 Å². The molecule has 0 heterocycles. The largest absolute Gasteiger partial charge is 0.0991 e. The first kappa shape index (κ1) is 14.4. The van der Waals surface area contributed by atoms with Gasteiger partial charge in [0.1, 0.15) is 0 Å². The van der Waals surface area contributed by atoms with Crippen LogP contribution in [0.3, 0.4) is 0 Å². The van der Waals surface area contributed by atoms with Crippen LogP contribution in [0.2, 0.25) is 0 Å². The molecule has 1 unspecified atom stereocenters. The van der Waals surface area contributed by atoms with Crippen LogP contribution in [-0.2, 0) is 0 Å². The van der Waals surface area contributed by atoms with E-state index < -0.39 is 0 Å². The Kier molecular flexibility index (Phi) is 7.87. The molecule has 0 bridgehead atoms. The van der Waals surface area contributed by atoms with Crippen molar-refractivity contribution in [3.8, 4) is 0 Å². The number of hydrogen-bond acceptors (Lipinski definition) is 0. The van der Waals surface area contributed by atoms with E-state index in [1.54, 1.807) is 6.08 Å². The second-order valence-electron chi connectivity index (χ2n) is 3.50. The van der Waals surface area contributed by atoms with Crippen LogP contribution < -0.4 is 0 Å². The zero-order valence-corrected chi connectivity index (χ0v) is 10.6. The zero-order valence-electron chi connectivity index (χ0n) is 10.6. The summed E-state index contributed by atoms with van der Waals surface area (Å²) in [5.41, 5.74) is 2.50. The molecule has 0 N–H and O–H groups in total. The van der Waals surface area contributed by atoms with E-state index in [1.807, 2.05) is 31.2 Å². The predicted octanol–water partition coefficient (Wildman–Crippen LogP) is 5.00. The molecule has 0 saturated heterocycles. The van der Waals surface area contributed by atoms with Crippen molar-refractivity contribution < 1.29 is 0 Å². The van der Waals surface area contributed by atoms with E-state index >= 15 is 0 Å². The maximum absolute atomic E-state index is 3.86. The van der Waals surface area contributed by atoms with Gasteiger partial charge >= 0.3 is 0 Å². The minimum Gasteiger partial charge on any atom is -0.0991 e. The highest BCUT2D eigenvalue weighted by Gasteiger charge is 2.07. The molecule has 0 aromatic rings. The molecule has 16 heavy (non-hydrogen) atoms. The summed E-state index contributed by atoms with van der Waals surface area (Å²) in [5, 5.41) is 0. The molecule has 86 valence electrons. The molecule has 0 aromatic heterocycles. The smallest absolute Gasteiger partial charge is 0.00575 e. The van der Waals surface area contributed by atoms with E-state index in [-0.39, 0.29) is 0 Å². The van der Waals surface area contributed by atoms with Crippen molar-refractivity contribution in [3.05, 3.63) is 72.9 Å². The highest BCUT2D eigenvalue weighted by molar-refractivity contribution is 5.36. The van der Waals surface area contributed by atoms with Gasteiger partial charge in [0.25, 0.3) is 0 Å². The first-order valence-electron chi connectivity index (χ1n) is 5.61. The fourth-order valence-corrected chi connectivity index (χ4v) is 1.46. The molecular weight excluding hydrogens is 192 g/mol. The van der Waals surface area contributed by atoms with Gasteiger partial charge in [-0.05, 0) is 25.0 Å². The Bertz CT molecular complexity index is 335. The molecule has 0 fully saturated rings. The minimum absolute atomic E-state index is 0.356. The van der Waals surface area contributed by atoms with Crippen LogP contribution in [-0.4, -0.2) is 0 Å². The fraction of sp³-hybridized carbons (Fsp3) is 0.250. The quantitative estimate of drug-likeness (QED) is 0.546. The Morgan fingerprint density at radius 1 is 1.06 bits per heavy atom. The van der Waals surface area contributed by atoms with E-state index in [4.69, 9.17) is 0 Å². The van der Waals surface area contributed by atoms with Gasteiger partial charge in [-0.2, -0.15) is 0 Å². The highest BCUT2D eigenvalue weighted by Crippen LogP contribution is 2.22. The first-order valence-corrected chi connectivity index (χ1v) is 5.61. The molecule has 0 saturated carbocycles. The van der Waals surface area contributed by atoms with Crippen LogP contribution in [0.15, 0.2) is 72.9 Å². The third-order valence-electron chi connectivity index (χ3n) is 2.47. The van der Waals surface area contributed by atoms with Gasteiger partial charge in [-0.15, -0.1) is 0 Å². The molecular formula is C16H22. The summed E-state index contributed by atoms with van der Waals surface area (Å²) in [6.07, 6.45) is 16.0. The van der Waals surface area contributed by atoms with Crippen molar-refractivity contribution >= 4 is 0 Å². The van der Waals surface area contributed by atoms with Crippen molar-refractivity contribution in [3.63, 3.8) is 0 Å². The number of hydrogen-bond donors (Lipinski definition) is 0. The fourth-order valence-electron chi connectivity index (χ4n) is 1.46. The minimum atomic E-state index is 0.356. The lowest BCUT2D eigenvalue weighted by atomic mass is 9.91. The topological polar surface area (TPSA) is 0 Å². The molecule has 0 amide bonds. The number of rotatable bonds is 6. The van der Waals surface area contributed by atoms with Crippen LogP contribution in [0.4, 0.5) is 0 Å². The van der Waals surface area contributed by atoms with Gasteiger partial charge in [0.2, 0.25) is 0 Å². The molecule has 0 heteroatoms. The van der Waals surface area contributed by atoms with Gasteiger partial charge in [-0.1, -0.05) is 68.7 Å². The van der Waals surface area contributed by atoms with Gasteiger partial charge in [0, 0.05) is 5.92 Å². The van der Waals surface area contributed by atoms with Crippen molar-refractivity contribution in [2.24, 2.45) is 5.92 Å².